The first-order valence-electron chi connectivity index (χ1n) is 3.08. The van der Waals surface area contributed by atoms with Crippen LogP contribution in [-0.2, 0) is 0 Å². The Labute approximate surface area is 76.0 Å². The van der Waals surface area contributed by atoms with Crippen molar-refractivity contribution >= 4 is 22.6 Å². The second kappa shape index (κ2) is 7.02. The first-order valence-corrected chi connectivity index (χ1v) is 4.32. The van der Waals surface area contributed by atoms with Crippen molar-refractivity contribution in [3.05, 3.63) is 34.5 Å². The fraction of sp³-hybridized carbons (Fsp3) is 0.250. The van der Waals surface area contributed by atoms with Crippen molar-refractivity contribution in [3.8, 4) is 0 Å². The molecule has 1 N–H and O–H groups in total. The molecule has 0 aromatic carbocycles. The molecule has 0 unspecified atom stereocenters. The molecule has 0 radical (unpaired) electrons. The van der Waals surface area contributed by atoms with Crippen molar-refractivity contribution in [1.29, 1.82) is 0 Å². The Kier molecular flexibility index (Phi) is 6.96. The molecule has 0 heterocycles. The molecule has 2 heteroatoms. The van der Waals surface area contributed by atoms with Gasteiger partial charge in [-0.15, -0.1) is 0 Å². The van der Waals surface area contributed by atoms with Crippen LogP contribution in [0.5, 0.6) is 0 Å². The summed E-state index contributed by atoms with van der Waals surface area (Å²) in [5, 5.41) is 3.07. The Morgan fingerprint density at radius 2 is 2.40 bits per heavy atom. The quantitative estimate of drug-likeness (QED) is 0.595. The van der Waals surface area contributed by atoms with Crippen LogP contribution in [0.4, 0.5) is 0 Å². The summed E-state index contributed by atoms with van der Waals surface area (Å²) >= 11 is 2.22. The summed E-state index contributed by atoms with van der Waals surface area (Å²) in [7, 11) is 1.93. The summed E-state index contributed by atoms with van der Waals surface area (Å²) in [4.78, 5) is 0. The van der Waals surface area contributed by atoms with E-state index in [1.165, 1.54) is 5.57 Å². The van der Waals surface area contributed by atoms with Crippen LogP contribution in [0.15, 0.2) is 34.5 Å². The van der Waals surface area contributed by atoms with Gasteiger partial charge in [0.2, 0.25) is 0 Å². The van der Waals surface area contributed by atoms with Gasteiger partial charge in [0.1, 0.15) is 0 Å². The minimum Gasteiger partial charge on any atom is -0.316 e. The van der Waals surface area contributed by atoms with Gasteiger partial charge >= 0.3 is 0 Å². The van der Waals surface area contributed by atoms with Crippen LogP contribution in [0.25, 0.3) is 0 Å². The van der Waals surface area contributed by atoms with E-state index in [9.17, 15) is 0 Å². The molecule has 10 heavy (non-hydrogen) atoms. The molecule has 1 nitrogen and oxygen atoms in total. The Hall–Kier alpha value is -0.0900. The molecule has 0 atom stereocenters. The summed E-state index contributed by atoms with van der Waals surface area (Å²) in [6.45, 7) is 4.50. The van der Waals surface area contributed by atoms with Crippen LogP contribution in [0.1, 0.15) is 0 Å². The van der Waals surface area contributed by atoms with Crippen molar-refractivity contribution in [2.24, 2.45) is 0 Å². The van der Waals surface area contributed by atoms with Crippen molar-refractivity contribution < 1.29 is 0 Å². The standard InChI is InChI=1S/C8H12IN/c1-3-4-5-8(6-9)7-10-2/h3-6,10H,1,7H2,2H3/b5-4-,8-6-. The Morgan fingerprint density at radius 3 is 2.80 bits per heavy atom. The molecular formula is C8H12IN. The lowest BCUT2D eigenvalue weighted by atomic mass is 10.3. The van der Waals surface area contributed by atoms with E-state index < -0.39 is 0 Å². The van der Waals surface area contributed by atoms with E-state index in [0.29, 0.717) is 0 Å². The molecule has 0 aliphatic heterocycles. The average Bonchev–Trinajstić information content (AvgIpc) is 1.98. The number of hydrogen-bond acceptors (Lipinski definition) is 1. The lowest BCUT2D eigenvalue weighted by Gasteiger charge is -1.96. The van der Waals surface area contributed by atoms with Gasteiger partial charge in [0.25, 0.3) is 0 Å². The molecule has 0 saturated carbocycles. The third-order valence-corrected chi connectivity index (χ3v) is 1.77. The molecule has 0 amide bonds. The molecule has 0 bridgehead atoms. The largest absolute Gasteiger partial charge is 0.316 e. The predicted octanol–water partition coefficient (Wildman–Crippen LogP) is 2.27. The normalized spacial score (nSPS) is 12.4. The van der Waals surface area contributed by atoms with Gasteiger partial charge in [0, 0.05) is 6.54 Å². The third kappa shape index (κ3) is 4.76. The zero-order chi connectivity index (χ0) is 7.82. The fourth-order valence-corrected chi connectivity index (χ4v) is 0.957. The zero-order valence-corrected chi connectivity index (χ0v) is 8.26. The first kappa shape index (κ1) is 9.91. The minimum absolute atomic E-state index is 0.910. The van der Waals surface area contributed by atoms with E-state index in [2.05, 4.69) is 34.5 Å². The highest BCUT2D eigenvalue weighted by molar-refractivity contribution is 14.1. The Bertz CT molecular complexity index is 147. The van der Waals surface area contributed by atoms with E-state index in [4.69, 9.17) is 0 Å². The molecule has 0 aliphatic carbocycles. The smallest absolute Gasteiger partial charge is 0.0206 e. The van der Waals surface area contributed by atoms with E-state index in [0.717, 1.165) is 6.54 Å². The van der Waals surface area contributed by atoms with Crippen LogP contribution in [-0.4, -0.2) is 13.6 Å². The molecule has 0 aromatic rings. The van der Waals surface area contributed by atoms with E-state index in [1.807, 2.05) is 23.3 Å². The molecule has 0 aromatic heterocycles. The van der Waals surface area contributed by atoms with Crippen molar-refractivity contribution in [2.75, 3.05) is 13.6 Å². The van der Waals surface area contributed by atoms with Gasteiger partial charge in [0.15, 0.2) is 0 Å². The zero-order valence-electron chi connectivity index (χ0n) is 6.10. The maximum absolute atomic E-state index is 3.59. The number of allylic oxidation sites excluding steroid dienone is 2. The second-order valence-corrected chi connectivity index (χ2v) is 2.43. The maximum atomic E-state index is 3.59. The summed E-state index contributed by atoms with van der Waals surface area (Å²) in [6.07, 6.45) is 5.74. The third-order valence-electron chi connectivity index (χ3n) is 0.967. The van der Waals surface area contributed by atoms with Gasteiger partial charge in [-0.2, -0.15) is 0 Å². The molecule has 0 fully saturated rings. The number of nitrogens with one attached hydrogen (secondary N) is 1. The highest BCUT2D eigenvalue weighted by atomic mass is 127. The van der Waals surface area contributed by atoms with Gasteiger partial charge < -0.3 is 5.32 Å². The lowest BCUT2D eigenvalue weighted by Crippen LogP contribution is -2.08. The average molecular weight is 249 g/mol. The number of rotatable bonds is 4. The fourth-order valence-electron chi connectivity index (χ4n) is 0.530. The molecule has 0 aliphatic rings. The van der Waals surface area contributed by atoms with Gasteiger partial charge in [-0.1, -0.05) is 47.4 Å². The monoisotopic (exact) mass is 249 g/mol. The van der Waals surface area contributed by atoms with Crippen LogP contribution >= 0.6 is 22.6 Å². The second-order valence-electron chi connectivity index (χ2n) is 1.81. The highest BCUT2D eigenvalue weighted by Crippen LogP contribution is 1.99. The summed E-state index contributed by atoms with van der Waals surface area (Å²) in [5.74, 6) is 0. The van der Waals surface area contributed by atoms with Gasteiger partial charge in [0.05, 0.1) is 0 Å². The Balaban J connectivity index is 3.84. The van der Waals surface area contributed by atoms with Crippen molar-refractivity contribution in [1.82, 2.24) is 5.32 Å². The van der Waals surface area contributed by atoms with Crippen molar-refractivity contribution in [3.63, 3.8) is 0 Å². The lowest BCUT2D eigenvalue weighted by molar-refractivity contribution is 0.898. The minimum atomic E-state index is 0.910. The van der Waals surface area contributed by atoms with E-state index in [1.54, 1.807) is 6.08 Å². The Morgan fingerprint density at radius 1 is 1.70 bits per heavy atom. The molecular weight excluding hydrogens is 237 g/mol. The molecule has 0 rings (SSSR count). The molecule has 56 valence electrons. The maximum Gasteiger partial charge on any atom is 0.0206 e. The van der Waals surface area contributed by atoms with Crippen LogP contribution in [0.2, 0.25) is 0 Å². The van der Waals surface area contributed by atoms with E-state index in [-0.39, 0.29) is 0 Å². The molecule has 0 spiro atoms. The number of halogens is 1. The topological polar surface area (TPSA) is 12.0 Å². The van der Waals surface area contributed by atoms with Crippen LogP contribution in [0.3, 0.4) is 0 Å². The number of hydrogen-bond donors (Lipinski definition) is 1. The van der Waals surface area contributed by atoms with Crippen LogP contribution in [0, 0.1) is 0 Å². The summed E-state index contributed by atoms with van der Waals surface area (Å²) < 4.78 is 2.05. The van der Waals surface area contributed by atoms with Crippen LogP contribution < -0.4 is 5.32 Å². The molecule has 0 saturated heterocycles. The highest BCUT2D eigenvalue weighted by Gasteiger charge is 1.85. The van der Waals surface area contributed by atoms with Gasteiger partial charge in [-0.25, -0.2) is 0 Å². The predicted molar refractivity (Wildman–Crippen MR) is 55.4 cm³/mol. The SMILES string of the molecule is C=C/C=C\C(=C\I)CNC. The first-order chi connectivity index (χ1) is 4.85. The number of likely N-dealkylation sites (N-methyl/N-ethyl adjacent to an activating group) is 1. The van der Waals surface area contributed by atoms with Gasteiger partial charge in [-0.3, -0.25) is 0 Å². The summed E-state index contributed by atoms with van der Waals surface area (Å²) in [6, 6.07) is 0. The van der Waals surface area contributed by atoms with Crippen molar-refractivity contribution in [2.45, 2.75) is 0 Å². The summed E-state index contributed by atoms with van der Waals surface area (Å²) in [5.41, 5.74) is 1.27. The van der Waals surface area contributed by atoms with Gasteiger partial charge in [-0.05, 0) is 16.7 Å². The van der Waals surface area contributed by atoms with E-state index >= 15 is 0 Å².